The van der Waals surface area contributed by atoms with Gasteiger partial charge < -0.3 is 14.9 Å². The van der Waals surface area contributed by atoms with Gasteiger partial charge in [-0.25, -0.2) is 0 Å². The molecule has 0 saturated carbocycles. The molecule has 0 heterocycles. The average molecular weight is 250 g/mol. The number of halogens is 3. The van der Waals surface area contributed by atoms with Crippen molar-refractivity contribution in [3.05, 3.63) is 29.3 Å². The van der Waals surface area contributed by atoms with Crippen molar-refractivity contribution < 1.29 is 28.1 Å². The van der Waals surface area contributed by atoms with Crippen LogP contribution in [0.1, 0.15) is 11.1 Å². The summed E-state index contributed by atoms with van der Waals surface area (Å²) in [5.74, 6) is -0.351. The van der Waals surface area contributed by atoms with Gasteiger partial charge in [-0.3, -0.25) is 0 Å². The molecule has 0 radical (unpaired) electrons. The zero-order valence-corrected chi connectivity index (χ0v) is 9.16. The lowest BCUT2D eigenvalue weighted by atomic mass is 10.1. The predicted octanol–water partition coefficient (Wildman–Crippen LogP) is 1.75. The van der Waals surface area contributed by atoms with E-state index in [-0.39, 0.29) is 12.4 Å². The van der Waals surface area contributed by atoms with Crippen molar-refractivity contribution in [3.8, 4) is 5.75 Å². The maximum Gasteiger partial charge on any atom is 0.419 e. The van der Waals surface area contributed by atoms with Crippen molar-refractivity contribution in [2.24, 2.45) is 0 Å². The molecule has 0 aromatic heterocycles. The van der Waals surface area contributed by atoms with Gasteiger partial charge in [0.1, 0.15) is 18.5 Å². The van der Waals surface area contributed by atoms with Crippen molar-refractivity contribution in [2.75, 3.05) is 13.2 Å². The van der Waals surface area contributed by atoms with E-state index in [9.17, 15) is 13.2 Å². The van der Waals surface area contributed by atoms with Crippen LogP contribution in [0.25, 0.3) is 0 Å². The quantitative estimate of drug-likeness (QED) is 0.855. The highest BCUT2D eigenvalue weighted by molar-refractivity contribution is 5.38. The number of hydrogen-bond donors (Lipinski definition) is 2. The maximum atomic E-state index is 12.6. The molecule has 0 aliphatic heterocycles. The second-order valence-corrected chi connectivity index (χ2v) is 3.64. The first-order chi connectivity index (χ1) is 7.84. The highest BCUT2D eigenvalue weighted by atomic mass is 19.4. The number of aliphatic hydroxyl groups is 2. The Morgan fingerprint density at radius 2 is 2.00 bits per heavy atom. The molecule has 0 aliphatic carbocycles. The average Bonchev–Trinajstić information content (AvgIpc) is 2.25. The van der Waals surface area contributed by atoms with Crippen molar-refractivity contribution >= 4 is 0 Å². The molecule has 1 aromatic rings. The minimum absolute atomic E-state index is 0.351. The van der Waals surface area contributed by atoms with Crippen LogP contribution in [0.3, 0.4) is 0 Å². The topological polar surface area (TPSA) is 49.7 Å². The summed E-state index contributed by atoms with van der Waals surface area (Å²) in [6.45, 7) is 0.595. The Morgan fingerprint density at radius 3 is 2.53 bits per heavy atom. The summed E-state index contributed by atoms with van der Waals surface area (Å²) in [6, 6.07) is 3.65. The predicted molar refractivity (Wildman–Crippen MR) is 54.8 cm³/mol. The van der Waals surface area contributed by atoms with Crippen LogP contribution in [0.5, 0.6) is 5.75 Å². The van der Waals surface area contributed by atoms with E-state index >= 15 is 0 Å². The normalized spacial score (nSPS) is 13.5. The molecular weight excluding hydrogens is 237 g/mol. The summed E-state index contributed by atoms with van der Waals surface area (Å²) in [7, 11) is 0. The van der Waals surface area contributed by atoms with Gasteiger partial charge in [-0.1, -0.05) is 11.6 Å². The van der Waals surface area contributed by atoms with Crippen LogP contribution in [-0.2, 0) is 6.18 Å². The summed E-state index contributed by atoms with van der Waals surface area (Å²) in [5.41, 5.74) is -0.421. The fourth-order valence-electron chi connectivity index (χ4n) is 1.23. The molecular formula is C11H13F3O3. The molecule has 3 nitrogen and oxygen atoms in total. The van der Waals surface area contributed by atoms with E-state index in [4.69, 9.17) is 14.9 Å². The van der Waals surface area contributed by atoms with Crippen LogP contribution in [-0.4, -0.2) is 29.5 Å². The lowest BCUT2D eigenvalue weighted by Gasteiger charge is -2.16. The SMILES string of the molecule is Cc1ccc(OCC(O)CO)c(C(F)(F)F)c1. The Bertz CT molecular complexity index is 377. The van der Waals surface area contributed by atoms with E-state index in [1.807, 2.05) is 0 Å². The number of aliphatic hydroxyl groups excluding tert-OH is 2. The van der Waals surface area contributed by atoms with E-state index in [2.05, 4.69) is 0 Å². The zero-order valence-electron chi connectivity index (χ0n) is 9.16. The van der Waals surface area contributed by atoms with Crippen LogP contribution >= 0.6 is 0 Å². The summed E-state index contributed by atoms with van der Waals surface area (Å²) in [5, 5.41) is 17.5. The molecule has 6 heteroatoms. The molecule has 0 fully saturated rings. The second-order valence-electron chi connectivity index (χ2n) is 3.64. The third-order valence-corrected chi connectivity index (χ3v) is 2.08. The van der Waals surface area contributed by atoms with Crippen LogP contribution < -0.4 is 4.74 Å². The van der Waals surface area contributed by atoms with Gasteiger partial charge in [0.05, 0.1) is 12.2 Å². The summed E-state index contributed by atoms with van der Waals surface area (Å²) >= 11 is 0. The van der Waals surface area contributed by atoms with Gasteiger partial charge in [0.2, 0.25) is 0 Å². The zero-order chi connectivity index (χ0) is 13.1. The number of alkyl halides is 3. The van der Waals surface area contributed by atoms with Gasteiger partial charge >= 0.3 is 6.18 Å². The molecule has 17 heavy (non-hydrogen) atoms. The molecule has 0 amide bonds. The van der Waals surface area contributed by atoms with E-state index in [1.54, 1.807) is 6.92 Å². The van der Waals surface area contributed by atoms with Crippen LogP contribution in [0.15, 0.2) is 18.2 Å². The minimum Gasteiger partial charge on any atom is -0.490 e. The van der Waals surface area contributed by atoms with E-state index in [1.165, 1.54) is 12.1 Å². The second kappa shape index (κ2) is 5.37. The standard InChI is InChI=1S/C11H13F3O3/c1-7-2-3-10(17-6-8(16)5-15)9(4-7)11(12,13)14/h2-4,8,15-16H,5-6H2,1H3. The van der Waals surface area contributed by atoms with Gasteiger partial charge in [-0.05, 0) is 19.1 Å². The molecule has 96 valence electrons. The number of hydrogen-bond acceptors (Lipinski definition) is 3. The third kappa shape index (κ3) is 3.90. The number of rotatable bonds is 4. The summed E-state index contributed by atoms with van der Waals surface area (Å²) < 4.78 is 42.8. The lowest BCUT2D eigenvalue weighted by molar-refractivity contribution is -0.139. The molecule has 1 rings (SSSR count). The first kappa shape index (κ1) is 13.8. The Hall–Kier alpha value is -1.27. The first-order valence-corrected chi connectivity index (χ1v) is 4.94. The van der Waals surface area contributed by atoms with Crippen molar-refractivity contribution in [1.29, 1.82) is 0 Å². The minimum atomic E-state index is -4.51. The van der Waals surface area contributed by atoms with Gasteiger partial charge in [0.25, 0.3) is 0 Å². The monoisotopic (exact) mass is 250 g/mol. The van der Waals surface area contributed by atoms with Crippen molar-refractivity contribution in [3.63, 3.8) is 0 Å². The van der Waals surface area contributed by atoms with Gasteiger partial charge in [0.15, 0.2) is 0 Å². The number of aryl methyl sites for hydroxylation is 1. The van der Waals surface area contributed by atoms with E-state index in [0.29, 0.717) is 5.56 Å². The fourth-order valence-corrected chi connectivity index (χ4v) is 1.23. The maximum absolute atomic E-state index is 12.6. The molecule has 0 aliphatic rings. The van der Waals surface area contributed by atoms with Crippen LogP contribution in [0.2, 0.25) is 0 Å². The third-order valence-electron chi connectivity index (χ3n) is 2.08. The molecule has 1 unspecified atom stereocenters. The Balaban J connectivity index is 2.91. The van der Waals surface area contributed by atoms with E-state index in [0.717, 1.165) is 6.07 Å². The summed E-state index contributed by atoms with van der Waals surface area (Å²) in [6.07, 6.45) is -5.71. The van der Waals surface area contributed by atoms with Crippen LogP contribution in [0, 0.1) is 6.92 Å². The molecule has 0 spiro atoms. The number of benzene rings is 1. The summed E-state index contributed by atoms with van der Waals surface area (Å²) in [4.78, 5) is 0. The molecule has 1 atom stereocenters. The first-order valence-electron chi connectivity index (χ1n) is 4.94. The highest BCUT2D eigenvalue weighted by Crippen LogP contribution is 2.36. The molecule has 1 aromatic carbocycles. The van der Waals surface area contributed by atoms with Crippen molar-refractivity contribution in [2.45, 2.75) is 19.2 Å². The Morgan fingerprint density at radius 1 is 1.35 bits per heavy atom. The number of ether oxygens (including phenoxy) is 1. The molecule has 2 N–H and O–H groups in total. The van der Waals surface area contributed by atoms with E-state index < -0.39 is 24.5 Å². The highest BCUT2D eigenvalue weighted by Gasteiger charge is 2.34. The molecule has 0 saturated heterocycles. The van der Waals surface area contributed by atoms with Gasteiger partial charge in [-0.2, -0.15) is 13.2 Å². The van der Waals surface area contributed by atoms with Crippen molar-refractivity contribution in [1.82, 2.24) is 0 Å². The smallest absolute Gasteiger partial charge is 0.419 e. The Kier molecular flexibility index (Phi) is 4.36. The Labute approximate surface area is 96.5 Å². The van der Waals surface area contributed by atoms with Gasteiger partial charge in [-0.15, -0.1) is 0 Å². The lowest BCUT2D eigenvalue weighted by Crippen LogP contribution is -2.22. The molecule has 0 bridgehead atoms. The van der Waals surface area contributed by atoms with Crippen LogP contribution in [0.4, 0.5) is 13.2 Å². The fraction of sp³-hybridized carbons (Fsp3) is 0.455. The largest absolute Gasteiger partial charge is 0.490 e. The van der Waals surface area contributed by atoms with Gasteiger partial charge in [0, 0.05) is 0 Å².